The Bertz CT molecular complexity index is 809. The first-order valence-electron chi connectivity index (χ1n) is 6.67. The minimum absolute atomic E-state index is 0.155. The number of nitrogens with zero attached hydrogens (tertiary/aromatic N) is 3. The van der Waals surface area contributed by atoms with Gasteiger partial charge in [-0.15, -0.1) is 0 Å². The lowest BCUT2D eigenvalue weighted by molar-refractivity contribution is 0.101. The highest BCUT2D eigenvalue weighted by atomic mass is 16.3. The molecule has 0 radical (unpaired) electrons. The van der Waals surface area contributed by atoms with Gasteiger partial charge in [0.15, 0.2) is 5.82 Å². The van der Waals surface area contributed by atoms with Crippen molar-refractivity contribution < 1.29 is 9.90 Å². The molecule has 110 valence electrons. The molecule has 0 atom stereocenters. The summed E-state index contributed by atoms with van der Waals surface area (Å²) in [5, 5.41) is 12.2. The van der Waals surface area contributed by atoms with Crippen LogP contribution in [0, 0.1) is 0 Å². The lowest BCUT2D eigenvalue weighted by Crippen LogP contribution is -2.15. The molecule has 2 N–H and O–H groups in total. The highest BCUT2D eigenvalue weighted by Gasteiger charge is 2.10. The summed E-state index contributed by atoms with van der Waals surface area (Å²) >= 11 is 0. The molecule has 22 heavy (non-hydrogen) atoms. The van der Waals surface area contributed by atoms with Gasteiger partial charge in [0.25, 0.3) is 5.91 Å². The molecule has 2 heterocycles. The zero-order valence-corrected chi connectivity index (χ0v) is 11.9. The molecule has 0 aliphatic carbocycles. The summed E-state index contributed by atoms with van der Waals surface area (Å²) in [6.45, 7) is 0. The SMILES string of the molecule is Cn1cccc1C(=O)Nc1cnc(-c2cccc(O)c2)nc1. The number of benzene rings is 1. The number of aromatic hydroxyl groups is 1. The van der Waals surface area contributed by atoms with Crippen molar-refractivity contribution >= 4 is 11.6 Å². The van der Waals surface area contributed by atoms with Crippen LogP contribution in [0.25, 0.3) is 11.4 Å². The largest absolute Gasteiger partial charge is 0.508 e. The second-order valence-electron chi connectivity index (χ2n) is 4.80. The normalized spacial score (nSPS) is 10.4. The standard InChI is InChI=1S/C16H14N4O2/c1-20-7-3-6-14(20)16(22)19-12-9-17-15(18-10-12)11-4-2-5-13(21)8-11/h2-10,21H,1H3,(H,19,22). The van der Waals surface area contributed by atoms with Gasteiger partial charge in [0.1, 0.15) is 11.4 Å². The predicted molar refractivity (Wildman–Crippen MR) is 82.5 cm³/mol. The fourth-order valence-electron chi connectivity index (χ4n) is 2.08. The third-order valence-corrected chi connectivity index (χ3v) is 3.19. The molecule has 0 bridgehead atoms. The maximum atomic E-state index is 12.1. The number of amides is 1. The molecule has 6 heteroatoms. The Hall–Kier alpha value is -3.15. The number of aromatic nitrogens is 3. The molecule has 0 saturated carbocycles. The molecule has 0 aliphatic rings. The Kier molecular flexibility index (Phi) is 3.57. The topological polar surface area (TPSA) is 80.0 Å². The van der Waals surface area contributed by atoms with Gasteiger partial charge in [-0.25, -0.2) is 9.97 Å². The van der Waals surface area contributed by atoms with Crippen molar-refractivity contribution in [1.82, 2.24) is 14.5 Å². The van der Waals surface area contributed by atoms with E-state index in [2.05, 4.69) is 15.3 Å². The molecule has 0 aliphatic heterocycles. The zero-order valence-electron chi connectivity index (χ0n) is 11.9. The monoisotopic (exact) mass is 294 g/mol. The number of hydrogen-bond donors (Lipinski definition) is 2. The molecule has 6 nitrogen and oxygen atoms in total. The Balaban J connectivity index is 1.77. The van der Waals surface area contributed by atoms with E-state index in [-0.39, 0.29) is 11.7 Å². The van der Waals surface area contributed by atoms with Crippen LogP contribution in [0.15, 0.2) is 55.0 Å². The number of aryl methyl sites for hydroxylation is 1. The second-order valence-corrected chi connectivity index (χ2v) is 4.80. The van der Waals surface area contributed by atoms with Crippen molar-refractivity contribution in [3.05, 3.63) is 60.7 Å². The van der Waals surface area contributed by atoms with Crippen LogP contribution in [0.4, 0.5) is 5.69 Å². The highest BCUT2D eigenvalue weighted by molar-refractivity contribution is 6.03. The fourth-order valence-corrected chi connectivity index (χ4v) is 2.08. The number of carbonyl (C=O) groups excluding carboxylic acids is 1. The van der Waals surface area contributed by atoms with Crippen LogP contribution in [0.2, 0.25) is 0 Å². The molecule has 0 saturated heterocycles. The van der Waals surface area contributed by atoms with Crippen molar-refractivity contribution in [2.24, 2.45) is 7.05 Å². The summed E-state index contributed by atoms with van der Waals surface area (Å²) < 4.78 is 1.73. The number of hydrogen-bond acceptors (Lipinski definition) is 4. The molecule has 0 spiro atoms. The zero-order chi connectivity index (χ0) is 15.5. The van der Waals surface area contributed by atoms with E-state index < -0.39 is 0 Å². The Labute approximate surface area is 127 Å². The van der Waals surface area contributed by atoms with Gasteiger partial charge in [0.05, 0.1) is 18.1 Å². The average Bonchev–Trinajstić information content (AvgIpc) is 2.94. The van der Waals surface area contributed by atoms with Crippen LogP contribution < -0.4 is 5.32 Å². The lowest BCUT2D eigenvalue weighted by atomic mass is 10.2. The molecule has 3 aromatic rings. The summed E-state index contributed by atoms with van der Waals surface area (Å²) in [6.07, 6.45) is 4.87. The quantitative estimate of drug-likeness (QED) is 0.777. The molecule has 1 aromatic carbocycles. The summed E-state index contributed by atoms with van der Waals surface area (Å²) in [5.74, 6) is 0.413. The van der Waals surface area contributed by atoms with E-state index in [1.54, 1.807) is 54.2 Å². The van der Waals surface area contributed by atoms with Gasteiger partial charge in [-0.1, -0.05) is 12.1 Å². The molecule has 0 unspecified atom stereocenters. The third kappa shape index (κ3) is 2.80. The van der Waals surface area contributed by atoms with Gasteiger partial charge in [-0.2, -0.15) is 0 Å². The number of phenols is 1. The number of phenolic OH excluding ortho intramolecular Hbond substituents is 1. The van der Waals surface area contributed by atoms with Crippen LogP contribution in [0.5, 0.6) is 5.75 Å². The van der Waals surface area contributed by atoms with Gasteiger partial charge in [-0.05, 0) is 24.3 Å². The Morgan fingerprint density at radius 3 is 2.59 bits per heavy atom. The first-order valence-corrected chi connectivity index (χ1v) is 6.67. The van der Waals surface area contributed by atoms with Crippen LogP contribution in [0.3, 0.4) is 0 Å². The maximum Gasteiger partial charge on any atom is 0.272 e. The maximum absolute atomic E-state index is 12.1. The van der Waals surface area contributed by atoms with Crippen LogP contribution in [-0.4, -0.2) is 25.5 Å². The van der Waals surface area contributed by atoms with E-state index in [1.165, 1.54) is 12.4 Å². The van der Waals surface area contributed by atoms with Crippen molar-refractivity contribution in [3.63, 3.8) is 0 Å². The van der Waals surface area contributed by atoms with E-state index in [0.717, 1.165) is 0 Å². The molecule has 1 amide bonds. The van der Waals surface area contributed by atoms with E-state index in [4.69, 9.17) is 0 Å². The minimum Gasteiger partial charge on any atom is -0.508 e. The number of carbonyl (C=O) groups is 1. The number of anilines is 1. The van der Waals surface area contributed by atoms with E-state index in [0.29, 0.717) is 22.8 Å². The molecular weight excluding hydrogens is 280 g/mol. The molecule has 3 rings (SSSR count). The summed E-state index contributed by atoms with van der Waals surface area (Å²) in [7, 11) is 1.80. The lowest BCUT2D eigenvalue weighted by Gasteiger charge is -2.06. The van der Waals surface area contributed by atoms with Crippen molar-refractivity contribution in [2.45, 2.75) is 0 Å². The smallest absolute Gasteiger partial charge is 0.272 e. The Morgan fingerprint density at radius 2 is 1.95 bits per heavy atom. The molecular formula is C16H14N4O2. The summed E-state index contributed by atoms with van der Waals surface area (Å²) in [5.41, 5.74) is 1.77. The van der Waals surface area contributed by atoms with E-state index >= 15 is 0 Å². The second kappa shape index (κ2) is 5.69. The minimum atomic E-state index is -0.221. The van der Waals surface area contributed by atoms with Crippen LogP contribution in [0.1, 0.15) is 10.5 Å². The van der Waals surface area contributed by atoms with Crippen LogP contribution in [-0.2, 0) is 7.05 Å². The fraction of sp³-hybridized carbons (Fsp3) is 0.0625. The first-order chi connectivity index (χ1) is 10.6. The van der Waals surface area contributed by atoms with Crippen LogP contribution >= 0.6 is 0 Å². The molecule has 2 aromatic heterocycles. The predicted octanol–water partition coefficient (Wildman–Crippen LogP) is 2.44. The first kappa shape index (κ1) is 13.8. The molecule has 0 fully saturated rings. The number of rotatable bonds is 3. The average molecular weight is 294 g/mol. The van der Waals surface area contributed by atoms with Gasteiger partial charge in [0, 0.05) is 18.8 Å². The number of nitrogens with one attached hydrogen (secondary N) is 1. The van der Waals surface area contributed by atoms with Crippen molar-refractivity contribution in [2.75, 3.05) is 5.32 Å². The third-order valence-electron chi connectivity index (χ3n) is 3.19. The van der Waals surface area contributed by atoms with Gasteiger partial charge >= 0.3 is 0 Å². The summed E-state index contributed by atoms with van der Waals surface area (Å²) in [6, 6.07) is 10.2. The van der Waals surface area contributed by atoms with E-state index in [9.17, 15) is 9.90 Å². The van der Waals surface area contributed by atoms with Crippen molar-refractivity contribution in [1.29, 1.82) is 0 Å². The van der Waals surface area contributed by atoms with E-state index in [1.807, 2.05) is 0 Å². The van der Waals surface area contributed by atoms with Crippen molar-refractivity contribution in [3.8, 4) is 17.1 Å². The van der Waals surface area contributed by atoms with Gasteiger partial charge in [0.2, 0.25) is 0 Å². The Morgan fingerprint density at radius 1 is 1.18 bits per heavy atom. The van der Waals surface area contributed by atoms with Gasteiger partial charge in [-0.3, -0.25) is 4.79 Å². The highest BCUT2D eigenvalue weighted by Crippen LogP contribution is 2.20. The summed E-state index contributed by atoms with van der Waals surface area (Å²) in [4.78, 5) is 20.5. The van der Waals surface area contributed by atoms with Gasteiger partial charge < -0.3 is 15.0 Å².